The second-order valence-corrected chi connectivity index (χ2v) is 10.0. The molecule has 0 aromatic carbocycles. The molecule has 1 heterocycles. The Hall–Kier alpha value is -0.660. The van der Waals surface area contributed by atoms with E-state index in [1.54, 1.807) is 0 Å². The lowest BCUT2D eigenvalue weighted by Crippen LogP contribution is -2.38. The van der Waals surface area contributed by atoms with Crippen LogP contribution in [0.2, 0.25) is 0 Å². The Morgan fingerprint density at radius 2 is 0.710 bits per heavy atom. The highest BCUT2D eigenvalue weighted by atomic mass is 15.4. The van der Waals surface area contributed by atoms with Gasteiger partial charge in [0.1, 0.15) is 6.17 Å². The van der Waals surface area contributed by atoms with Gasteiger partial charge in [-0.15, -0.1) is 0 Å². The molecule has 31 heavy (non-hydrogen) atoms. The summed E-state index contributed by atoms with van der Waals surface area (Å²) in [6, 6.07) is 0. The number of rotatable bonds is 23. The molecule has 1 aliphatic rings. The zero-order chi connectivity index (χ0) is 22.4. The topological polar surface area (TPSA) is 6.48 Å². The summed E-state index contributed by atoms with van der Waals surface area (Å²) < 4.78 is 0. The van der Waals surface area contributed by atoms with E-state index in [1.807, 2.05) is 0 Å². The van der Waals surface area contributed by atoms with E-state index in [-0.39, 0.29) is 0 Å². The van der Waals surface area contributed by atoms with Gasteiger partial charge in [0.05, 0.1) is 0 Å². The van der Waals surface area contributed by atoms with Crippen molar-refractivity contribution >= 4 is 0 Å². The Balaban J connectivity index is 1.96. The highest BCUT2D eigenvalue weighted by molar-refractivity contribution is 4.96. The summed E-state index contributed by atoms with van der Waals surface area (Å²) in [6.45, 7) is 9.46. The van der Waals surface area contributed by atoms with Gasteiger partial charge in [-0.2, -0.15) is 0 Å². The van der Waals surface area contributed by atoms with Crippen molar-refractivity contribution in [1.82, 2.24) is 9.80 Å². The van der Waals surface area contributed by atoms with Crippen LogP contribution >= 0.6 is 0 Å². The van der Waals surface area contributed by atoms with Crippen molar-refractivity contribution < 1.29 is 0 Å². The zero-order valence-corrected chi connectivity index (χ0v) is 21.9. The maximum absolute atomic E-state index is 2.61. The first-order valence-corrected chi connectivity index (χ1v) is 14.5. The van der Waals surface area contributed by atoms with E-state index in [2.05, 4.69) is 43.0 Å². The van der Waals surface area contributed by atoms with Crippen LogP contribution in [0.1, 0.15) is 156 Å². The Kier molecular flexibility index (Phi) is 19.4. The van der Waals surface area contributed by atoms with E-state index in [4.69, 9.17) is 0 Å². The van der Waals surface area contributed by atoms with E-state index in [0.717, 1.165) is 0 Å². The summed E-state index contributed by atoms with van der Waals surface area (Å²) in [4.78, 5) is 5.22. The second-order valence-electron chi connectivity index (χ2n) is 10.0. The highest BCUT2D eigenvalue weighted by Crippen LogP contribution is 2.21. The summed E-state index contributed by atoms with van der Waals surface area (Å²) in [5.41, 5.74) is 0. The van der Waals surface area contributed by atoms with Crippen molar-refractivity contribution in [2.75, 3.05) is 13.1 Å². The van der Waals surface area contributed by atoms with E-state index >= 15 is 0 Å². The zero-order valence-electron chi connectivity index (χ0n) is 21.9. The van der Waals surface area contributed by atoms with Crippen molar-refractivity contribution in [2.24, 2.45) is 0 Å². The van der Waals surface area contributed by atoms with Crippen LogP contribution in [0.4, 0.5) is 0 Å². The van der Waals surface area contributed by atoms with Crippen molar-refractivity contribution in [2.45, 2.75) is 162 Å². The van der Waals surface area contributed by atoms with Gasteiger partial charge in [0.15, 0.2) is 0 Å². The van der Waals surface area contributed by atoms with Crippen molar-refractivity contribution in [3.63, 3.8) is 0 Å². The van der Waals surface area contributed by atoms with Gasteiger partial charge in [-0.1, -0.05) is 136 Å². The van der Waals surface area contributed by atoms with E-state index < -0.39 is 0 Å². The number of unbranched alkanes of at least 4 members (excludes halogenated alkanes) is 18. The lowest BCUT2D eigenvalue weighted by atomic mass is 10.1. The van der Waals surface area contributed by atoms with Crippen LogP contribution in [-0.4, -0.2) is 29.1 Å². The molecule has 0 aliphatic carbocycles. The molecule has 2 nitrogen and oxygen atoms in total. The molecule has 0 saturated carbocycles. The quantitative estimate of drug-likeness (QED) is 0.148. The Morgan fingerprint density at radius 3 is 1.00 bits per heavy atom. The normalized spacial score (nSPS) is 16.0. The van der Waals surface area contributed by atoms with Gasteiger partial charge in [-0.05, 0) is 19.3 Å². The van der Waals surface area contributed by atoms with Crippen LogP contribution in [0, 0.1) is 0 Å². The van der Waals surface area contributed by atoms with Crippen LogP contribution in [0.5, 0.6) is 0 Å². The third-order valence-corrected chi connectivity index (χ3v) is 7.12. The van der Waals surface area contributed by atoms with Crippen LogP contribution in [0.3, 0.4) is 0 Å². The van der Waals surface area contributed by atoms with Gasteiger partial charge in [0, 0.05) is 25.5 Å². The van der Waals surface area contributed by atoms with Gasteiger partial charge < -0.3 is 9.80 Å². The summed E-state index contributed by atoms with van der Waals surface area (Å²) in [5, 5.41) is 0. The highest BCUT2D eigenvalue weighted by Gasteiger charge is 2.23. The average molecular weight is 435 g/mol. The van der Waals surface area contributed by atoms with Gasteiger partial charge >= 0.3 is 0 Å². The molecule has 2 heteroatoms. The molecule has 1 unspecified atom stereocenters. The molecule has 1 atom stereocenters. The molecule has 0 N–H and O–H groups in total. The summed E-state index contributed by atoms with van der Waals surface area (Å²) in [5.74, 6) is 0. The first kappa shape index (κ1) is 28.4. The number of hydrogen-bond acceptors (Lipinski definition) is 2. The standard InChI is InChI=1S/C29H58N2/c1-4-7-9-11-13-15-16-17-18-20-22-24-26-31-28-27-30(29(31)6-3)25-23-21-19-14-12-10-8-5-2/h27-29H,4-26H2,1-3H3. The third kappa shape index (κ3) is 14.9. The third-order valence-electron chi connectivity index (χ3n) is 7.12. The molecule has 0 aromatic rings. The summed E-state index contributed by atoms with van der Waals surface area (Å²) in [6.07, 6.45) is 35.2. The fourth-order valence-electron chi connectivity index (χ4n) is 5.04. The molecule has 1 rings (SSSR count). The SMILES string of the molecule is CCCCCCCCCCCCCCN1C=CN(CCCCCCCCCC)C1CC. The van der Waals surface area contributed by atoms with Crippen molar-refractivity contribution in [3.05, 3.63) is 12.4 Å². The minimum absolute atomic E-state index is 0.622. The predicted molar refractivity (Wildman–Crippen MR) is 140 cm³/mol. The molecule has 0 amide bonds. The second kappa shape index (κ2) is 21.2. The van der Waals surface area contributed by atoms with Crippen LogP contribution < -0.4 is 0 Å². The largest absolute Gasteiger partial charge is 0.356 e. The number of nitrogens with zero attached hydrogens (tertiary/aromatic N) is 2. The lowest BCUT2D eigenvalue weighted by Gasteiger charge is -2.32. The Labute approximate surface area is 197 Å². The van der Waals surface area contributed by atoms with Crippen LogP contribution in [0.15, 0.2) is 12.4 Å². The molecule has 184 valence electrons. The van der Waals surface area contributed by atoms with Gasteiger partial charge in [0.25, 0.3) is 0 Å². The first-order valence-electron chi connectivity index (χ1n) is 14.5. The number of hydrogen-bond donors (Lipinski definition) is 0. The van der Waals surface area contributed by atoms with Gasteiger partial charge in [-0.3, -0.25) is 0 Å². The minimum Gasteiger partial charge on any atom is -0.356 e. The van der Waals surface area contributed by atoms with Gasteiger partial charge in [0.2, 0.25) is 0 Å². The fraction of sp³-hybridized carbons (Fsp3) is 0.931. The molecular formula is C29H58N2. The molecule has 0 spiro atoms. The Bertz CT molecular complexity index is 392. The van der Waals surface area contributed by atoms with Crippen molar-refractivity contribution in [1.29, 1.82) is 0 Å². The molecule has 0 bridgehead atoms. The molecule has 1 aliphatic heterocycles. The molecular weight excluding hydrogens is 376 g/mol. The molecule has 0 saturated heterocycles. The predicted octanol–water partition coefficient (Wildman–Crippen LogP) is 9.65. The molecule has 0 aromatic heterocycles. The summed E-state index contributed by atoms with van der Waals surface area (Å²) >= 11 is 0. The van der Waals surface area contributed by atoms with E-state index in [0.29, 0.717) is 6.17 Å². The van der Waals surface area contributed by atoms with Crippen molar-refractivity contribution in [3.8, 4) is 0 Å². The fourth-order valence-corrected chi connectivity index (χ4v) is 5.04. The molecule has 0 fully saturated rings. The Morgan fingerprint density at radius 1 is 0.419 bits per heavy atom. The maximum Gasteiger partial charge on any atom is 0.100 e. The average Bonchev–Trinajstić information content (AvgIpc) is 3.18. The smallest absolute Gasteiger partial charge is 0.100 e. The monoisotopic (exact) mass is 434 g/mol. The van der Waals surface area contributed by atoms with Crippen LogP contribution in [0.25, 0.3) is 0 Å². The lowest BCUT2D eigenvalue weighted by molar-refractivity contribution is 0.144. The van der Waals surface area contributed by atoms with E-state index in [1.165, 1.54) is 148 Å². The summed E-state index contributed by atoms with van der Waals surface area (Å²) in [7, 11) is 0. The maximum atomic E-state index is 2.61. The van der Waals surface area contributed by atoms with Crippen LogP contribution in [-0.2, 0) is 0 Å². The minimum atomic E-state index is 0.622. The first-order chi connectivity index (χ1) is 15.3. The van der Waals surface area contributed by atoms with E-state index in [9.17, 15) is 0 Å². The van der Waals surface area contributed by atoms with Gasteiger partial charge in [-0.25, -0.2) is 0 Å². The molecule has 0 radical (unpaired) electrons.